The Morgan fingerprint density at radius 1 is 1.04 bits per heavy atom. The van der Waals surface area contributed by atoms with Crippen LogP contribution >= 0.6 is 0 Å². The summed E-state index contributed by atoms with van der Waals surface area (Å²) in [5.41, 5.74) is 1.95. The molecule has 1 atom stereocenters. The van der Waals surface area contributed by atoms with Crippen molar-refractivity contribution in [1.82, 2.24) is 4.72 Å². The summed E-state index contributed by atoms with van der Waals surface area (Å²) in [6.45, 7) is 4.64. The van der Waals surface area contributed by atoms with Crippen molar-refractivity contribution < 1.29 is 23.0 Å². The van der Waals surface area contributed by atoms with E-state index in [-0.39, 0.29) is 24.7 Å². The van der Waals surface area contributed by atoms with Gasteiger partial charge in [0.2, 0.25) is 10.0 Å². The molecule has 148 valence electrons. The molecule has 0 fully saturated rings. The van der Waals surface area contributed by atoms with Crippen molar-refractivity contribution in [2.24, 2.45) is 0 Å². The van der Waals surface area contributed by atoms with E-state index >= 15 is 0 Å². The molecule has 6 nitrogen and oxygen atoms in total. The molecule has 0 unspecified atom stereocenters. The van der Waals surface area contributed by atoms with Gasteiger partial charge in [0.25, 0.3) is 0 Å². The van der Waals surface area contributed by atoms with E-state index in [4.69, 9.17) is 14.6 Å². The Kier molecular flexibility index (Phi) is 8.24. The van der Waals surface area contributed by atoms with E-state index in [0.717, 1.165) is 17.5 Å². The molecule has 0 radical (unpaired) electrons. The number of nitrogens with one attached hydrogen (secondary N) is 1. The Labute approximate surface area is 161 Å². The molecule has 27 heavy (non-hydrogen) atoms. The van der Waals surface area contributed by atoms with Crippen LogP contribution in [0.3, 0.4) is 0 Å². The van der Waals surface area contributed by atoms with Crippen LogP contribution in [0.2, 0.25) is 0 Å². The molecule has 0 saturated heterocycles. The fourth-order valence-electron chi connectivity index (χ4n) is 2.45. The van der Waals surface area contributed by atoms with Gasteiger partial charge < -0.3 is 14.6 Å². The maximum absolute atomic E-state index is 12.6. The first-order valence-corrected chi connectivity index (χ1v) is 10.5. The minimum absolute atomic E-state index is 0.0689. The van der Waals surface area contributed by atoms with Crippen LogP contribution in [0.25, 0.3) is 0 Å². The maximum Gasteiger partial charge on any atom is 0.240 e. The number of hydrogen-bond donors (Lipinski definition) is 2. The number of sulfonamides is 1. The number of aliphatic hydroxyl groups is 1. The van der Waals surface area contributed by atoms with E-state index in [0.29, 0.717) is 12.4 Å². The summed E-state index contributed by atoms with van der Waals surface area (Å²) in [4.78, 5) is 0.163. The van der Waals surface area contributed by atoms with Gasteiger partial charge in [0.15, 0.2) is 0 Å². The number of ether oxygens (including phenoxy) is 2. The lowest BCUT2D eigenvalue weighted by molar-refractivity contribution is 0.0309. The van der Waals surface area contributed by atoms with Crippen molar-refractivity contribution >= 4 is 10.0 Å². The Morgan fingerprint density at radius 2 is 1.70 bits per heavy atom. The molecule has 0 saturated carbocycles. The largest absolute Gasteiger partial charge is 0.494 e. The number of aliphatic hydroxyl groups excluding tert-OH is 1. The topological polar surface area (TPSA) is 84.9 Å². The molecule has 2 rings (SSSR count). The van der Waals surface area contributed by atoms with Crippen LogP contribution in [-0.4, -0.2) is 39.9 Å². The summed E-state index contributed by atoms with van der Waals surface area (Å²) < 4.78 is 38.8. The third-order valence-electron chi connectivity index (χ3n) is 3.93. The van der Waals surface area contributed by atoms with Crippen LogP contribution in [0.1, 0.15) is 30.6 Å². The van der Waals surface area contributed by atoms with Gasteiger partial charge in [-0.2, -0.15) is 0 Å². The fourth-order valence-corrected chi connectivity index (χ4v) is 3.48. The Bertz CT molecular complexity index is 788. The van der Waals surface area contributed by atoms with Gasteiger partial charge >= 0.3 is 0 Å². The molecule has 0 bridgehead atoms. The van der Waals surface area contributed by atoms with Crippen molar-refractivity contribution in [2.75, 3.05) is 26.4 Å². The summed E-state index contributed by atoms with van der Waals surface area (Å²) in [5.74, 6) is 0.639. The number of aryl methyl sites for hydroxylation is 1. The second-order valence-electron chi connectivity index (χ2n) is 6.17. The molecule has 0 heterocycles. The highest BCUT2D eigenvalue weighted by molar-refractivity contribution is 7.89. The van der Waals surface area contributed by atoms with E-state index in [1.54, 1.807) is 12.1 Å². The minimum atomic E-state index is -3.68. The highest BCUT2D eigenvalue weighted by Gasteiger charge is 2.19. The minimum Gasteiger partial charge on any atom is -0.494 e. The molecule has 7 heteroatoms. The highest BCUT2D eigenvalue weighted by Crippen LogP contribution is 2.20. The van der Waals surface area contributed by atoms with Crippen LogP contribution in [-0.2, 0) is 14.8 Å². The number of benzene rings is 2. The Morgan fingerprint density at radius 3 is 2.30 bits per heavy atom. The molecule has 0 amide bonds. The van der Waals surface area contributed by atoms with Crippen molar-refractivity contribution in [3.05, 3.63) is 59.7 Å². The van der Waals surface area contributed by atoms with Crippen molar-refractivity contribution in [1.29, 1.82) is 0 Å². The average Bonchev–Trinajstić information content (AvgIpc) is 2.67. The summed E-state index contributed by atoms with van der Waals surface area (Å²) in [6.07, 6.45) is 0.398. The standard InChI is InChI=1S/C20H27NO5S/c1-3-13-25-18-8-10-19(11-9-18)27(23,24)21-15-20(26-14-12-22)17-6-4-16(2)5-7-17/h4-11,20-22H,3,12-15H2,1-2H3/t20-/m1/s1. The fraction of sp³-hybridized carbons (Fsp3) is 0.400. The van der Waals surface area contributed by atoms with Crippen LogP contribution in [0.15, 0.2) is 53.4 Å². The lowest BCUT2D eigenvalue weighted by atomic mass is 10.1. The van der Waals surface area contributed by atoms with Crippen LogP contribution in [0.4, 0.5) is 0 Å². The maximum atomic E-state index is 12.6. The first kappa shape index (κ1) is 21.4. The van der Waals surface area contributed by atoms with Gasteiger partial charge in [-0.25, -0.2) is 13.1 Å². The number of hydrogen-bond acceptors (Lipinski definition) is 5. The van der Waals surface area contributed by atoms with Crippen LogP contribution < -0.4 is 9.46 Å². The third-order valence-corrected chi connectivity index (χ3v) is 5.36. The monoisotopic (exact) mass is 393 g/mol. The van der Waals surface area contributed by atoms with Gasteiger partial charge in [-0.05, 0) is 43.2 Å². The lowest BCUT2D eigenvalue weighted by Crippen LogP contribution is -2.30. The first-order valence-electron chi connectivity index (χ1n) is 8.98. The normalized spacial score (nSPS) is 12.7. The SMILES string of the molecule is CCCOc1ccc(S(=O)(=O)NC[C@@H](OCCO)c2ccc(C)cc2)cc1. The predicted octanol–water partition coefficient (Wildman–Crippen LogP) is 2.81. The van der Waals surface area contributed by atoms with Gasteiger partial charge in [0, 0.05) is 6.54 Å². The van der Waals surface area contributed by atoms with E-state index in [2.05, 4.69) is 4.72 Å². The van der Waals surface area contributed by atoms with Crippen LogP contribution in [0, 0.1) is 6.92 Å². The second kappa shape index (κ2) is 10.4. The van der Waals surface area contributed by atoms with Crippen molar-refractivity contribution in [3.8, 4) is 5.75 Å². The molecular weight excluding hydrogens is 366 g/mol. The molecule has 0 aliphatic carbocycles. The lowest BCUT2D eigenvalue weighted by Gasteiger charge is -2.19. The smallest absolute Gasteiger partial charge is 0.240 e. The molecule has 0 aliphatic heterocycles. The Balaban J connectivity index is 2.06. The van der Waals surface area contributed by atoms with Gasteiger partial charge in [-0.1, -0.05) is 36.8 Å². The number of rotatable bonds is 11. The van der Waals surface area contributed by atoms with Gasteiger partial charge in [0.05, 0.1) is 30.8 Å². The van der Waals surface area contributed by atoms with Gasteiger partial charge in [-0.3, -0.25) is 0 Å². The average molecular weight is 394 g/mol. The molecular formula is C20H27NO5S. The summed E-state index contributed by atoms with van der Waals surface area (Å²) in [7, 11) is -3.68. The van der Waals surface area contributed by atoms with E-state index in [1.165, 1.54) is 12.1 Å². The van der Waals surface area contributed by atoms with Crippen molar-refractivity contribution in [3.63, 3.8) is 0 Å². The van der Waals surface area contributed by atoms with Crippen LogP contribution in [0.5, 0.6) is 5.75 Å². The zero-order valence-corrected chi connectivity index (χ0v) is 16.5. The van der Waals surface area contributed by atoms with Gasteiger partial charge in [-0.15, -0.1) is 0 Å². The zero-order chi connectivity index (χ0) is 19.7. The molecule has 0 aromatic heterocycles. The second-order valence-corrected chi connectivity index (χ2v) is 7.93. The first-order chi connectivity index (χ1) is 13.0. The van der Waals surface area contributed by atoms with Gasteiger partial charge in [0.1, 0.15) is 5.75 Å². The summed E-state index contributed by atoms with van der Waals surface area (Å²) in [6, 6.07) is 14.0. The zero-order valence-electron chi connectivity index (χ0n) is 15.7. The summed E-state index contributed by atoms with van der Waals surface area (Å²) in [5, 5.41) is 9.02. The molecule has 2 aromatic carbocycles. The predicted molar refractivity (Wildman–Crippen MR) is 104 cm³/mol. The van der Waals surface area contributed by atoms with Crippen molar-refractivity contribution in [2.45, 2.75) is 31.3 Å². The molecule has 0 aliphatic rings. The summed E-state index contributed by atoms with van der Waals surface area (Å²) >= 11 is 0. The molecule has 2 aromatic rings. The molecule has 0 spiro atoms. The van der Waals surface area contributed by atoms with E-state index < -0.39 is 16.1 Å². The van der Waals surface area contributed by atoms with E-state index in [1.807, 2.05) is 38.1 Å². The highest BCUT2D eigenvalue weighted by atomic mass is 32.2. The Hall–Kier alpha value is -1.93. The third kappa shape index (κ3) is 6.62. The quantitative estimate of drug-likeness (QED) is 0.613. The van der Waals surface area contributed by atoms with E-state index in [9.17, 15) is 8.42 Å². The molecule has 2 N–H and O–H groups in total.